The van der Waals surface area contributed by atoms with Crippen molar-refractivity contribution in [1.29, 1.82) is 0 Å². The summed E-state index contributed by atoms with van der Waals surface area (Å²) in [5.74, 6) is 0. The number of rotatable bonds is 3. The summed E-state index contributed by atoms with van der Waals surface area (Å²) in [6, 6.07) is 2.00. The molecule has 3 nitrogen and oxygen atoms in total. The Balaban J connectivity index is 2.69. The Labute approximate surface area is 71.3 Å². The maximum Gasteiger partial charge on any atom is 0.297 e. The van der Waals surface area contributed by atoms with Crippen molar-refractivity contribution in [2.75, 3.05) is 0 Å². The smallest absolute Gasteiger partial charge is 0.297 e. The molecular formula is C9H11NO2. The lowest BCUT2D eigenvalue weighted by Gasteiger charge is -1.89. The van der Waals surface area contributed by atoms with Gasteiger partial charge in [-0.2, -0.15) is 0 Å². The maximum absolute atomic E-state index is 9.79. The highest BCUT2D eigenvalue weighted by atomic mass is 16.5. The van der Waals surface area contributed by atoms with Gasteiger partial charge in [0, 0.05) is 18.9 Å². The summed E-state index contributed by atoms with van der Waals surface area (Å²) in [7, 11) is 1.97. The van der Waals surface area contributed by atoms with E-state index in [0.717, 1.165) is 5.56 Å². The van der Waals surface area contributed by atoms with Gasteiger partial charge in [-0.3, -0.25) is 4.79 Å². The van der Waals surface area contributed by atoms with Crippen LogP contribution in [0.4, 0.5) is 0 Å². The molecule has 0 saturated heterocycles. The van der Waals surface area contributed by atoms with E-state index in [0.29, 0.717) is 6.47 Å². The first kappa shape index (κ1) is 8.59. The molecule has 12 heavy (non-hydrogen) atoms. The van der Waals surface area contributed by atoms with E-state index in [1.807, 2.05) is 30.8 Å². The molecule has 1 rings (SSSR count). The molecule has 0 aliphatic carbocycles. The van der Waals surface area contributed by atoms with Crippen molar-refractivity contribution in [2.45, 2.75) is 6.92 Å². The molecule has 0 aromatic carbocycles. The van der Waals surface area contributed by atoms with Crippen LogP contribution in [0.3, 0.4) is 0 Å². The number of carbonyl (C=O) groups is 1. The van der Waals surface area contributed by atoms with Crippen LogP contribution < -0.4 is 0 Å². The molecular weight excluding hydrogens is 154 g/mol. The predicted octanol–water partition coefficient (Wildman–Crippen LogP) is 1.48. The minimum atomic E-state index is 0.395. The summed E-state index contributed by atoms with van der Waals surface area (Å²) in [6.45, 7) is 2.41. The summed E-state index contributed by atoms with van der Waals surface area (Å²) in [6.07, 6.45) is 5.06. The van der Waals surface area contributed by atoms with Gasteiger partial charge < -0.3 is 9.30 Å². The van der Waals surface area contributed by atoms with Crippen molar-refractivity contribution in [2.24, 2.45) is 7.05 Å². The molecule has 1 aromatic heterocycles. The summed E-state index contributed by atoms with van der Waals surface area (Å²) >= 11 is 0. The highest BCUT2D eigenvalue weighted by Gasteiger charge is 1.93. The van der Waals surface area contributed by atoms with Crippen LogP contribution in [0.15, 0.2) is 18.5 Å². The van der Waals surface area contributed by atoms with Crippen LogP contribution in [0, 0.1) is 6.92 Å². The van der Waals surface area contributed by atoms with E-state index in [2.05, 4.69) is 4.74 Å². The third-order valence-corrected chi connectivity index (χ3v) is 1.67. The van der Waals surface area contributed by atoms with Gasteiger partial charge in [0.2, 0.25) is 0 Å². The molecule has 0 atom stereocenters. The van der Waals surface area contributed by atoms with Gasteiger partial charge in [0.05, 0.1) is 6.26 Å². The Bertz CT molecular complexity index is 280. The van der Waals surface area contributed by atoms with Crippen molar-refractivity contribution in [3.8, 4) is 0 Å². The van der Waals surface area contributed by atoms with Crippen LogP contribution in [0.5, 0.6) is 0 Å². The van der Waals surface area contributed by atoms with Crippen LogP contribution in [0.25, 0.3) is 6.08 Å². The number of carbonyl (C=O) groups excluding carboxylic acids is 1. The molecule has 3 heteroatoms. The van der Waals surface area contributed by atoms with E-state index in [-0.39, 0.29) is 0 Å². The quantitative estimate of drug-likeness (QED) is 0.501. The highest BCUT2D eigenvalue weighted by Crippen LogP contribution is 2.07. The Morgan fingerprint density at radius 2 is 2.33 bits per heavy atom. The fourth-order valence-corrected chi connectivity index (χ4v) is 0.947. The van der Waals surface area contributed by atoms with E-state index in [4.69, 9.17) is 0 Å². The molecule has 1 aromatic rings. The standard InChI is InChI=1S/C9H11NO2/c1-8-5-9(6-10(8)2)3-4-12-7-11/h3-7H,1-2H3/b4-3+. The summed E-state index contributed by atoms with van der Waals surface area (Å²) in [5.41, 5.74) is 2.19. The second kappa shape index (κ2) is 3.76. The lowest BCUT2D eigenvalue weighted by molar-refractivity contribution is -0.123. The Kier molecular flexibility index (Phi) is 2.69. The van der Waals surface area contributed by atoms with Crippen LogP contribution in [0.2, 0.25) is 0 Å². The molecule has 0 fully saturated rings. The molecule has 0 aliphatic rings. The molecule has 0 amide bonds. The van der Waals surface area contributed by atoms with Gasteiger partial charge in [-0.25, -0.2) is 0 Å². The number of hydrogen-bond donors (Lipinski definition) is 0. The third kappa shape index (κ3) is 1.99. The molecule has 64 valence electrons. The number of nitrogens with zero attached hydrogens (tertiary/aromatic N) is 1. The minimum absolute atomic E-state index is 0.395. The molecule has 0 unspecified atom stereocenters. The van der Waals surface area contributed by atoms with Crippen LogP contribution in [-0.2, 0) is 16.6 Å². The van der Waals surface area contributed by atoms with Gasteiger partial charge in [0.1, 0.15) is 0 Å². The zero-order valence-electron chi connectivity index (χ0n) is 7.15. The van der Waals surface area contributed by atoms with E-state index >= 15 is 0 Å². The predicted molar refractivity (Wildman–Crippen MR) is 46.3 cm³/mol. The van der Waals surface area contributed by atoms with Crippen LogP contribution in [-0.4, -0.2) is 11.0 Å². The normalized spacial score (nSPS) is 10.5. The Morgan fingerprint density at radius 3 is 2.83 bits per heavy atom. The van der Waals surface area contributed by atoms with Crippen molar-refractivity contribution in [3.63, 3.8) is 0 Å². The molecule has 0 spiro atoms. The van der Waals surface area contributed by atoms with E-state index < -0.39 is 0 Å². The fourth-order valence-electron chi connectivity index (χ4n) is 0.947. The van der Waals surface area contributed by atoms with Crippen molar-refractivity contribution in [3.05, 3.63) is 29.8 Å². The first-order chi connectivity index (χ1) is 5.74. The number of aromatic nitrogens is 1. The molecule has 0 saturated carbocycles. The van der Waals surface area contributed by atoms with Crippen LogP contribution >= 0.6 is 0 Å². The third-order valence-electron chi connectivity index (χ3n) is 1.67. The van der Waals surface area contributed by atoms with Gasteiger partial charge in [-0.1, -0.05) is 0 Å². The summed E-state index contributed by atoms with van der Waals surface area (Å²) < 4.78 is 6.42. The van der Waals surface area contributed by atoms with Gasteiger partial charge >= 0.3 is 0 Å². The Morgan fingerprint density at radius 1 is 1.58 bits per heavy atom. The van der Waals surface area contributed by atoms with Gasteiger partial charge in [-0.05, 0) is 24.6 Å². The second-order valence-corrected chi connectivity index (χ2v) is 2.56. The first-order valence-corrected chi connectivity index (χ1v) is 3.62. The lowest BCUT2D eigenvalue weighted by atomic mass is 10.3. The van der Waals surface area contributed by atoms with E-state index in [9.17, 15) is 4.79 Å². The molecule has 0 aliphatic heterocycles. The largest absolute Gasteiger partial charge is 0.437 e. The number of ether oxygens (including phenoxy) is 1. The maximum atomic E-state index is 9.79. The number of aryl methyl sites for hydroxylation is 2. The topological polar surface area (TPSA) is 31.2 Å². The Hall–Kier alpha value is -1.51. The molecule has 0 bridgehead atoms. The first-order valence-electron chi connectivity index (χ1n) is 3.62. The second-order valence-electron chi connectivity index (χ2n) is 2.56. The SMILES string of the molecule is Cc1cc(/C=C/OC=O)cn1C. The monoisotopic (exact) mass is 165 g/mol. The van der Waals surface area contributed by atoms with Gasteiger partial charge in [0.15, 0.2) is 0 Å². The summed E-state index contributed by atoms with van der Waals surface area (Å²) in [5, 5.41) is 0. The molecule has 0 radical (unpaired) electrons. The van der Waals surface area contributed by atoms with Gasteiger partial charge in [0.25, 0.3) is 6.47 Å². The minimum Gasteiger partial charge on any atom is -0.437 e. The fraction of sp³-hybridized carbons (Fsp3) is 0.222. The van der Waals surface area contributed by atoms with Crippen LogP contribution in [0.1, 0.15) is 11.3 Å². The van der Waals surface area contributed by atoms with E-state index in [1.165, 1.54) is 12.0 Å². The lowest BCUT2D eigenvalue weighted by Crippen LogP contribution is -1.85. The average Bonchev–Trinajstić information content (AvgIpc) is 2.32. The van der Waals surface area contributed by atoms with Gasteiger partial charge in [-0.15, -0.1) is 0 Å². The van der Waals surface area contributed by atoms with Crippen molar-refractivity contribution in [1.82, 2.24) is 4.57 Å². The molecule has 0 N–H and O–H groups in total. The number of hydrogen-bond acceptors (Lipinski definition) is 2. The average molecular weight is 165 g/mol. The van der Waals surface area contributed by atoms with Crippen molar-refractivity contribution < 1.29 is 9.53 Å². The molecule has 1 heterocycles. The zero-order chi connectivity index (χ0) is 8.97. The van der Waals surface area contributed by atoms with Crippen molar-refractivity contribution >= 4 is 12.5 Å². The highest BCUT2D eigenvalue weighted by molar-refractivity contribution is 5.50. The van der Waals surface area contributed by atoms with E-state index in [1.54, 1.807) is 6.08 Å². The summed E-state index contributed by atoms with van der Waals surface area (Å²) in [4.78, 5) is 9.79. The zero-order valence-corrected chi connectivity index (χ0v) is 7.15.